The molecule has 1 aromatic heterocycles. The third kappa shape index (κ3) is 3.82. The molecule has 1 aliphatic heterocycles. The fourth-order valence-electron chi connectivity index (χ4n) is 2.16. The maximum Gasteiger partial charge on any atom is 0.319 e. The van der Waals surface area contributed by atoms with Gasteiger partial charge in [-0.25, -0.2) is 13.8 Å². The first kappa shape index (κ1) is 15.5. The Bertz CT molecular complexity index is 521. The summed E-state index contributed by atoms with van der Waals surface area (Å²) in [5.41, 5.74) is 0.277. The number of nitrogens with zero attached hydrogens (tertiary/aromatic N) is 4. The molecule has 4 nitrogen and oxygen atoms in total. The average Bonchev–Trinajstić information content (AvgIpc) is 2.47. The van der Waals surface area contributed by atoms with Gasteiger partial charge < -0.3 is 4.90 Å². The molecular formula is C13H14F4N4. The number of halogens is 4. The molecule has 2 rings (SSSR count). The fourth-order valence-corrected chi connectivity index (χ4v) is 2.16. The van der Waals surface area contributed by atoms with Crippen molar-refractivity contribution in [3.63, 3.8) is 0 Å². The van der Waals surface area contributed by atoms with Gasteiger partial charge in [0, 0.05) is 26.2 Å². The molecule has 114 valence electrons. The first-order chi connectivity index (χ1) is 9.92. The van der Waals surface area contributed by atoms with E-state index in [0.29, 0.717) is 18.9 Å². The standard InChI is InChI=1S/C13H14F4N4/c14-12(15)13(16,17)9-20-4-6-21(7-5-20)11-3-1-2-10(8-18)19-11/h1-3,12H,4-7,9H2. The van der Waals surface area contributed by atoms with Gasteiger partial charge in [0.25, 0.3) is 0 Å². The number of aromatic nitrogens is 1. The molecule has 0 N–H and O–H groups in total. The van der Waals surface area contributed by atoms with E-state index in [2.05, 4.69) is 4.98 Å². The number of rotatable bonds is 4. The van der Waals surface area contributed by atoms with Gasteiger partial charge in [-0.3, -0.25) is 4.90 Å². The predicted octanol–water partition coefficient (Wildman–Crippen LogP) is 1.98. The summed E-state index contributed by atoms with van der Waals surface area (Å²) in [4.78, 5) is 7.28. The zero-order valence-electron chi connectivity index (χ0n) is 11.1. The third-order valence-electron chi connectivity index (χ3n) is 3.30. The van der Waals surface area contributed by atoms with Crippen LogP contribution in [0.25, 0.3) is 0 Å². The second-order valence-corrected chi connectivity index (χ2v) is 4.82. The zero-order chi connectivity index (χ0) is 15.5. The van der Waals surface area contributed by atoms with Gasteiger partial charge in [-0.15, -0.1) is 0 Å². The Labute approximate surface area is 119 Å². The van der Waals surface area contributed by atoms with Crippen LogP contribution in [0.15, 0.2) is 18.2 Å². The summed E-state index contributed by atoms with van der Waals surface area (Å²) in [6.45, 7) is 0.369. The van der Waals surface area contributed by atoms with Crippen molar-refractivity contribution in [1.82, 2.24) is 9.88 Å². The highest BCUT2D eigenvalue weighted by atomic mass is 19.3. The first-order valence-electron chi connectivity index (χ1n) is 6.43. The Kier molecular flexibility index (Phi) is 4.63. The molecule has 1 aromatic rings. The van der Waals surface area contributed by atoms with Crippen molar-refractivity contribution >= 4 is 5.82 Å². The monoisotopic (exact) mass is 302 g/mol. The highest BCUT2D eigenvalue weighted by Crippen LogP contribution is 2.25. The third-order valence-corrected chi connectivity index (χ3v) is 3.30. The van der Waals surface area contributed by atoms with Crippen molar-refractivity contribution in [2.45, 2.75) is 12.3 Å². The number of pyridine rings is 1. The Morgan fingerprint density at radius 3 is 2.48 bits per heavy atom. The lowest BCUT2D eigenvalue weighted by Crippen LogP contribution is -2.51. The highest BCUT2D eigenvalue weighted by Gasteiger charge is 2.42. The normalized spacial score (nSPS) is 17.0. The van der Waals surface area contributed by atoms with Crippen LogP contribution < -0.4 is 4.90 Å². The Morgan fingerprint density at radius 2 is 1.90 bits per heavy atom. The average molecular weight is 302 g/mol. The van der Waals surface area contributed by atoms with Crippen molar-refractivity contribution in [3.8, 4) is 6.07 Å². The number of nitriles is 1. The summed E-state index contributed by atoms with van der Waals surface area (Å²) < 4.78 is 50.3. The van der Waals surface area contributed by atoms with Crippen LogP contribution in [0.3, 0.4) is 0 Å². The van der Waals surface area contributed by atoms with Gasteiger partial charge in [0.2, 0.25) is 0 Å². The number of anilines is 1. The SMILES string of the molecule is N#Cc1cccc(N2CCN(CC(F)(F)C(F)F)CC2)n1. The molecule has 0 aromatic carbocycles. The summed E-state index contributed by atoms with van der Waals surface area (Å²) >= 11 is 0. The van der Waals surface area contributed by atoms with E-state index in [1.807, 2.05) is 11.0 Å². The fraction of sp³-hybridized carbons (Fsp3) is 0.538. The topological polar surface area (TPSA) is 43.2 Å². The lowest BCUT2D eigenvalue weighted by Gasteiger charge is -2.36. The lowest BCUT2D eigenvalue weighted by molar-refractivity contribution is -0.142. The molecule has 0 atom stereocenters. The Hall–Kier alpha value is -1.88. The van der Waals surface area contributed by atoms with Crippen molar-refractivity contribution < 1.29 is 17.6 Å². The van der Waals surface area contributed by atoms with Gasteiger partial charge in [0.05, 0.1) is 6.54 Å². The van der Waals surface area contributed by atoms with Crippen LogP contribution in [0, 0.1) is 11.3 Å². The van der Waals surface area contributed by atoms with Crippen molar-refractivity contribution in [3.05, 3.63) is 23.9 Å². The van der Waals surface area contributed by atoms with Crippen LogP contribution in [0.1, 0.15) is 5.69 Å². The molecule has 0 amide bonds. The molecule has 21 heavy (non-hydrogen) atoms. The summed E-state index contributed by atoms with van der Waals surface area (Å²) in [7, 11) is 0. The van der Waals surface area contributed by atoms with Gasteiger partial charge in [-0.1, -0.05) is 6.07 Å². The molecule has 1 fully saturated rings. The van der Waals surface area contributed by atoms with E-state index in [0.717, 1.165) is 0 Å². The van der Waals surface area contributed by atoms with E-state index < -0.39 is 18.9 Å². The number of alkyl halides is 4. The van der Waals surface area contributed by atoms with E-state index in [4.69, 9.17) is 5.26 Å². The minimum Gasteiger partial charge on any atom is -0.354 e. The van der Waals surface area contributed by atoms with Crippen molar-refractivity contribution in [2.24, 2.45) is 0 Å². The molecule has 0 saturated carbocycles. The van der Waals surface area contributed by atoms with Gasteiger partial charge in [0.1, 0.15) is 17.6 Å². The molecule has 0 aliphatic carbocycles. The number of piperazine rings is 1. The van der Waals surface area contributed by atoms with Crippen LogP contribution in [0.5, 0.6) is 0 Å². The van der Waals surface area contributed by atoms with E-state index in [-0.39, 0.29) is 18.8 Å². The molecule has 1 aliphatic rings. The van der Waals surface area contributed by atoms with Crippen LogP contribution in [0.2, 0.25) is 0 Å². The first-order valence-corrected chi connectivity index (χ1v) is 6.43. The maximum atomic E-state index is 13.0. The smallest absolute Gasteiger partial charge is 0.319 e. The summed E-state index contributed by atoms with van der Waals surface area (Å²) in [5, 5.41) is 8.79. The summed E-state index contributed by atoms with van der Waals surface area (Å²) in [5.74, 6) is -3.39. The second kappa shape index (κ2) is 6.26. The Balaban J connectivity index is 1.93. The predicted molar refractivity (Wildman–Crippen MR) is 68.6 cm³/mol. The van der Waals surface area contributed by atoms with E-state index in [1.54, 1.807) is 18.2 Å². The largest absolute Gasteiger partial charge is 0.354 e. The number of hydrogen-bond donors (Lipinski definition) is 0. The van der Waals surface area contributed by atoms with Crippen molar-refractivity contribution in [2.75, 3.05) is 37.6 Å². The quantitative estimate of drug-likeness (QED) is 0.798. The van der Waals surface area contributed by atoms with Crippen LogP contribution >= 0.6 is 0 Å². The van der Waals surface area contributed by atoms with E-state index >= 15 is 0 Å². The Morgan fingerprint density at radius 1 is 1.24 bits per heavy atom. The van der Waals surface area contributed by atoms with Crippen molar-refractivity contribution in [1.29, 1.82) is 5.26 Å². The lowest BCUT2D eigenvalue weighted by atomic mass is 10.2. The minimum atomic E-state index is -3.98. The minimum absolute atomic E-state index is 0.251. The second-order valence-electron chi connectivity index (χ2n) is 4.82. The van der Waals surface area contributed by atoms with Crippen LogP contribution in [-0.4, -0.2) is 55.0 Å². The molecule has 8 heteroatoms. The number of hydrogen-bond acceptors (Lipinski definition) is 4. The highest BCUT2D eigenvalue weighted by molar-refractivity contribution is 5.42. The van der Waals surface area contributed by atoms with E-state index in [9.17, 15) is 17.6 Å². The molecule has 0 bridgehead atoms. The molecule has 1 saturated heterocycles. The molecule has 0 radical (unpaired) electrons. The van der Waals surface area contributed by atoms with Crippen LogP contribution in [-0.2, 0) is 0 Å². The van der Waals surface area contributed by atoms with Gasteiger partial charge in [-0.05, 0) is 12.1 Å². The summed E-state index contributed by atoms with van der Waals surface area (Å²) in [6.07, 6.45) is -3.65. The maximum absolute atomic E-state index is 13.0. The molecule has 0 unspecified atom stereocenters. The molecule has 2 heterocycles. The van der Waals surface area contributed by atoms with Crippen LogP contribution in [0.4, 0.5) is 23.4 Å². The molecular weight excluding hydrogens is 288 g/mol. The molecule has 0 spiro atoms. The van der Waals surface area contributed by atoms with Gasteiger partial charge in [-0.2, -0.15) is 14.0 Å². The zero-order valence-corrected chi connectivity index (χ0v) is 11.1. The van der Waals surface area contributed by atoms with E-state index in [1.165, 1.54) is 4.90 Å². The van der Waals surface area contributed by atoms with Gasteiger partial charge >= 0.3 is 12.3 Å². The van der Waals surface area contributed by atoms with Gasteiger partial charge in [0.15, 0.2) is 0 Å². The summed E-state index contributed by atoms with van der Waals surface area (Å²) in [6, 6.07) is 6.92.